The fourth-order valence-corrected chi connectivity index (χ4v) is 2.09. The van der Waals surface area contributed by atoms with Gasteiger partial charge in [-0.25, -0.2) is 0 Å². The molecule has 2 aromatic carbocycles. The first-order valence-corrected chi connectivity index (χ1v) is 7.06. The number of aromatic nitrogens is 2. The molecule has 0 radical (unpaired) electrons. The summed E-state index contributed by atoms with van der Waals surface area (Å²) in [5.74, 6) is 0.798. The van der Waals surface area contributed by atoms with Gasteiger partial charge in [0.1, 0.15) is 5.75 Å². The van der Waals surface area contributed by atoms with Gasteiger partial charge in [-0.05, 0) is 23.8 Å². The van der Waals surface area contributed by atoms with Crippen molar-refractivity contribution in [2.45, 2.75) is 6.42 Å². The predicted octanol–water partition coefficient (Wildman–Crippen LogP) is 2.93. The molecule has 0 saturated carbocycles. The molecule has 3 rings (SSSR count). The predicted molar refractivity (Wildman–Crippen MR) is 85.1 cm³/mol. The summed E-state index contributed by atoms with van der Waals surface area (Å²) in [5.41, 5.74) is 1.64. The van der Waals surface area contributed by atoms with E-state index >= 15 is 0 Å². The van der Waals surface area contributed by atoms with E-state index in [-0.39, 0.29) is 18.3 Å². The van der Waals surface area contributed by atoms with Gasteiger partial charge in [-0.3, -0.25) is 10.1 Å². The number of hydrogen-bond acceptors (Lipinski definition) is 5. The maximum absolute atomic E-state index is 12.0. The quantitative estimate of drug-likeness (QED) is 0.784. The van der Waals surface area contributed by atoms with E-state index in [1.165, 1.54) is 0 Å². The van der Waals surface area contributed by atoms with Crippen LogP contribution >= 0.6 is 0 Å². The van der Waals surface area contributed by atoms with Crippen molar-refractivity contribution < 1.29 is 13.9 Å². The number of benzene rings is 2. The van der Waals surface area contributed by atoms with Gasteiger partial charge in [0.15, 0.2) is 0 Å². The highest BCUT2D eigenvalue weighted by atomic mass is 16.5. The largest absolute Gasteiger partial charge is 0.497 e. The maximum Gasteiger partial charge on any atom is 0.322 e. The number of methoxy groups -OCH3 is 1. The van der Waals surface area contributed by atoms with E-state index in [0.29, 0.717) is 11.6 Å². The summed E-state index contributed by atoms with van der Waals surface area (Å²) in [7, 11) is 1.59. The molecular weight excluding hydrogens is 294 g/mol. The highest BCUT2D eigenvalue weighted by Crippen LogP contribution is 2.23. The van der Waals surface area contributed by atoms with Gasteiger partial charge in [-0.2, -0.15) is 0 Å². The van der Waals surface area contributed by atoms with Crippen molar-refractivity contribution in [2.24, 2.45) is 0 Å². The lowest BCUT2D eigenvalue weighted by atomic mass is 10.1. The molecule has 1 aromatic heterocycles. The van der Waals surface area contributed by atoms with E-state index in [1.807, 2.05) is 48.5 Å². The van der Waals surface area contributed by atoms with E-state index in [2.05, 4.69) is 15.5 Å². The van der Waals surface area contributed by atoms with Crippen LogP contribution in [0.1, 0.15) is 5.56 Å². The number of rotatable bonds is 5. The molecule has 0 bridgehead atoms. The molecule has 6 heteroatoms. The van der Waals surface area contributed by atoms with Crippen LogP contribution in [0.3, 0.4) is 0 Å². The molecule has 0 saturated heterocycles. The smallest absolute Gasteiger partial charge is 0.322 e. The average Bonchev–Trinajstić information content (AvgIpc) is 3.04. The van der Waals surface area contributed by atoms with Crippen molar-refractivity contribution in [3.05, 3.63) is 60.2 Å². The van der Waals surface area contributed by atoms with Crippen molar-refractivity contribution in [1.29, 1.82) is 0 Å². The fraction of sp³-hybridized carbons (Fsp3) is 0.118. The van der Waals surface area contributed by atoms with Crippen molar-refractivity contribution in [3.8, 4) is 17.2 Å². The summed E-state index contributed by atoms with van der Waals surface area (Å²) in [6.07, 6.45) is 0.248. The van der Waals surface area contributed by atoms with Gasteiger partial charge < -0.3 is 9.15 Å². The first-order chi connectivity index (χ1) is 11.2. The molecular formula is C17H15N3O3. The van der Waals surface area contributed by atoms with Gasteiger partial charge >= 0.3 is 6.01 Å². The van der Waals surface area contributed by atoms with E-state index in [9.17, 15) is 4.79 Å². The maximum atomic E-state index is 12.0. The van der Waals surface area contributed by atoms with Crippen molar-refractivity contribution >= 4 is 11.9 Å². The lowest BCUT2D eigenvalue weighted by molar-refractivity contribution is -0.115. The van der Waals surface area contributed by atoms with E-state index in [4.69, 9.17) is 9.15 Å². The molecule has 1 heterocycles. The number of hydrogen-bond donors (Lipinski definition) is 1. The van der Waals surface area contributed by atoms with Crippen LogP contribution in [0.15, 0.2) is 59.0 Å². The first kappa shape index (κ1) is 14.8. The molecule has 0 aliphatic carbocycles. The molecule has 0 aliphatic heterocycles. The van der Waals surface area contributed by atoms with Gasteiger partial charge in [0.05, 0.1) is 13.5 Å². The van der Waals surface area contributed by atoms with E-state index in [0.717, 1.165) is 11.1 Å². The highest BCUT2D eigenvalue weighted by Gasteiger charge is 2.12. The molecule has 6 nitrogen and oxygen atoms in total. The Morgan fingerprint density at radius 2 is 1.96 bits per heavy atom. The van der Waals surface area contributed by atoms with Crippen LogP contribution in [0, 0.1) is 0 Å². The fourth-order valence-electron chi connectivity index (χ4n) is 2.09. The van der Waals surface area contributed by atoms with Crippen LogP contribution in [-0.4, -0.2) is 23.2 Å². The minimum Gasteiger partial charge on any atom is -0.497 e. The summed E-state index contributed by atoms with van der Waals surface area (Å²) >= 11 is 0. The Bertz CT molecular complexity index is 800. The standard InChI is InChI=1S/C17H15N3O3/c1-22-14-9-5-8-13(11-14)16-19-20-17(23-16)18-15(21)10-12-6-3-2-4-7-12/h2-9,11H,10H2,1H3,(H,18,20,21). The summed E-state index contributed by atoms with van der Waals surface area (Å²) in [6, 6.07) is 16.8. The van der Waals surface area contributed by atoms with Crippen LogP contribution in [0.5, 0.6) is 5.75 Å². The number of nitrogens with one attached hydrogen (secondary N) is 1. The third-order valence-corrected chi connectivity index (χ3v) is 3.20. The van der Waals surface area contributed by atoms with Crippen molar-refractivity contribution in [1.82, 2.24) is 10.2 Å². The number of carbonyl (C=O) groups is 1. The Labute approximate surface area is 133 Å². The monoisotopic (exact) mass is 309 g/mol. The van der Waals surface area contributed by atoms with E-state index in [1.54, 1.807) is 13.2 Å². The third-order valence-electron chi connectivity index (χ3n) is 3.20. The van der Waals surface area contributed by atoms with Crippen LogP contribution in [-0.2, 0) is 11.2 Å². The second kappa shape index (κ2) is 6.74. The Balaban J connectivity index is 1.68. The van der Waals surface area contributed by atoms with E-state index < -0.39 is 0 Å². The van der Waals surface area contributed by atoms with Crippen LogP contribution in [0.4, 0.5) is 6.01 Å². The molecule has 116 valence electrons. The minimum atomic E-state index is -0.211. The molecule has 3 aromatic rings. The third kappa shape index (κ3) is 3.74. The summed E-state index contributed by atoms with van der Waals surface area (Å²) in [6.45, 7) is 0. The molecule has 1 amide bonds. The van der Waals surface area contributed by atoms with Gasteiger partial charge in [0.2, 0.25) is 11.8 Å². The topological polar surface area (TPSA) is 77.3 Å². The Kier molecular flexibility index (Phi) is 4.33. The number of anilines is 1. The summed E-state index contributed by atoms with van der Waals surface area (Å²) in [5, 5.41) is 10.4. The number of amides is 1. The lowest BCUT2D eigenvalue weighted by Gasteiger charge is -2.01. The van der Waals surface area contributed by atoms with Crippen LogP contribution in [0.25, 0.3) is 11.5 Å². The zero-order valence-electron chi connectivity index (χ0n) is 12.5. The Morgan fingerprint density at radius 1 is 1.13 bits per heavy atom. The first-order valence-electron chi connectivity index (χ1n) is 7.06. The van der Waals surface area contributed by atoms with Gasteiger partial charge in [-0.15, -0.1) is 5.10 Å². The molecule has 0 unspecified atom stereocenters. The van der Waals surface area contributed by atoms with Crippen molar-refractivity contribution in [3.63, 3.8) is 0 Å². The molecule has 0 aliphatic rings. The van der Waals surface area contributed by atoms with Gasteiger partial charge in [0, 0.05) is 5.56 Å². The van der Waals surface area contributed by atoms with Crippen LogP contribution in [0.2, 0.25) is 0 Å². The molecule has 1 N–H and O–H groups in total. The molecule has 23 heavy (non-hydrogen) atoms. The Hall–Kier alpha value is -3.15. The lowest BCUT2D eigenvalue weighted by Crippen LogP contribution is -2.14. The molecule has 0 spiro atoms. The average molecular weight is 309 g/mol. The molecule has 0 fully saturated rings. The Morgan fingerprint density at radius 3 is 2.74 bits per heavy atom. The van der Waals surface area contributed by atoms with Crippen molar-refractivity contribution in [2.75, 3.05) is 12.4 Å². The minimum absolute atomic E-state index is 0.0729. The van der Waals surface area contributed by atoms with Gasteiger partial charge in [0.25, 0.3) is 0 Å². The summed E-state index contributed by atoms with van der Waals surface area (Å²) in [4.78, 5) is 12.0. The SMILES string of the molecule is COc1cccc(-c2nnc(NC(=O)Cc3ccccc3)o2)c1. The highest BCUT2D eigenvalue weighted by molar-refractivity contribution is 5.90. The van der Waals surface area contributed by atoms with Gasteiger partial charge in [-0.1, -0.05) is 41.5 Å². The summed E-state index contributed by atoms with van der Waals surface area (Å²) < 4.78 is 10.6. The number of ether oxygens (including phenoxy) is 1. The van der Waals surface area contributed by atoms with Crippen LogP contribution < -0.4 is 10.1 Å². The normalized spacial score (nSPS) is 10.3. The zero-order valence-corrected chi connectivity index (χ0v) is 12.5. The zero-order chi connectivity index (χ0) is 16.1. The second-order valence-electron chi connectivity index (χ2n) is 4.85. The number of nitrogens with zero attached hydrogens (tertiary/aromatic N) is 2. The molecule has 0 atom stereocenters. The second-order valence-corrected chi connectivity index (χ2v) is 4.85. The number of carbonyl (C=O) groups excluding carboxylic acids is 1.